The van der Waals surface area contributed by atoms with Gasteiger partial charge in [0.1, 0.15) is 11.5 Å². The summed E-state index contributed by atoms with van der Waals surface area (Å²) >= 11 is 0. The third-order valence-electron chi connectivity index (χ3n) is 3.37. The summed E-state index contributed by atoms with van der Waals surface area (Å²) in [5.41, 5.74) is 1.29. The van der Waals surface area contributed by atoms with E-state index in [-0.39, 0.29) is 10.7 Å². The van der Waals surface area contributed by atoms with E-state index in [1.165, 1.54) is 13.1 Å². The van der Waals surface area contributed by atoms with Gasteiger partial charge in [-0.1, -0.05) is 42.5 Å². The van der Waals surface area contributed by atoms with Crippen molar-refractivity contribution in [2.24, 2.45) is 0 Å². The SMILES string of the molecule is CN1C(c2ccccc2)=C(O)c2ccccc2S1(=O)=O. The Balaban J connectivity index is 2.36. The highest BCUT2D eigenvalue weighted by molar-refractivity contribution is 7.89. The molecule has 20 heavy (non-hydrogen) atoms. The summed E-state index contributed by atoms with van der Waals surface area (Å²) in [5, 5.41) is 10.5. The molecule has 0 spiro atoms. The predicted molar refractivity (Wildman–Crippen MR) is 77.3 cm³/mol. The van der Waals surface area contributed by atoms with E-state index in [4.69, 9.17) is 0 Å². The van der Waals surface area contributed by atoms with Gasteiger partial charge in [0.05, 0.1) is 4.90 Å². The average molecular weight is 287 g/mol. The van der Waals surface area contributed by atoms with Gasteiger partial charge in [0.2, 0.25) is 0 Å². The van der Waals surface area contributed by atoms with Gasteiger partial charge in [-0.15, -0.1) is 0 Å². The van der Waals surface area contributed by atoms with Gasteiger partial charge in [0.25, 0.3) is 10.0 Å². The second-order valence-corrected chi connectivity index (χ2v) is 6.47. The van der Waals surface area contributed by atoms with Crippen LogP contribution in [0.3, 0.4) is 0 Å². The molecule has 1 aliphatic rings. The number of hydrogen-bond donors (Lipinski definition) is 1. The van der Waals surface area contributed by atoms with Crippen molar-refractivity contribution in [1.82, 2.24) is 4.31 Å². The van der Waals surface area contributed by atoms with E-state index in [0.29, 0.717) is 16.8 Å². The quantitative estimate of drug-likeness (QED) is 0.877. The highest BCUT2D eigenvalue weighted by Crippen LogP contribution is 2.38. The first-order valence-corrected chi connectivity index (χ1v) is 7.54. The third-order valence-corrected chi connectivity index (χ3v) is 5.18. The maximum absolute atomic E-state index is 12.5. The topological polar surface area (TPSA) is 57.6 Å². The fraction of sp³-hybridized carbons (Fsp3) is 0.0667. The number of aliphatic hydroxyl groups excluding tert-OH is 1. The van der Waals surface area contributed by atoms with Gasteiger partial charge in [0.15, 0.2) is 0 Å². The molecule has 0 bridgehead atoms. The molecule has 0 amide bonds. The Morgan fingerprint density at radius 2 is 1.55 bits per heavy atom. The lowest BCUT2D eigenvalue weighted by molar-refractivity contribution is 0.487. The van der Waals surface area contributed by atoms with Crippen LogP contribution in [-0.2, 0) is 10.0 Å². The first-order valence-electron chi connectivity index (χ1n) is 6.10. The van der Waals surface area contributed by atoms with E-state index < -0.39 is 10.0 Å². The van der Waals surface area contributed by atoms with Gasteiger partial charge in [-0.2, -0.15) is 0 Å². The van der Waals surface area contributed by atoms with Crippen LogP contribution in [0.15, 0.2) is 59.5 Å². The van der Waals surface area contributed by atoms with Crippen molar-refractivity contribution in [1.29, 1.82) is 0 Å². The van der Waals surface area contributed by atoms with Crippen LogP contribution < -0.4 is 0 Å². The van der Waals surface area contributed by atoms with Gasteiger partial charge in [-0.3, -0.25) is 4.31 Å². The normalized spacial score (nSPS) is 16.9. The minimum atomic E-state index is -3.64. The molecule has 0 radical (unpaired) electrons. The summed E-state index contributed by atoms with van der Waals surface area (Å²) in [6.07, 6.45) is 0. The van der Waals surface area contributed by atoms with Gasteiger partial charge in [-0.25, -0.2) is 8.42 Å². The van der Waals surface area contributed by atoms with Gasteiger partial charge >= 0.3 is 0 Å². The Morgan fingerprint density at radius 1 is 0.950 bits per heavy atom. The van der Waals surface area contributed by atoms with E-state index in [0.717, 1.165) is 4.31 Å². The molecule has 0 saturated heterocycles. The van der Waals surface area contributed by atoms with Crippen LogP contribution in [-0.4, -0.2) is 24.9 Å². The van der Waals surface area contributed by atoms with E-state index in [1.807, 2.05) is 6.07 Å². The minimum absolute atomic E-state index is 0.0240. The smallest absolute Gasteiger partial charge is 0.264 e. The van der Waals surface area contributed by atoms with Gasteiger partial charge in [0, 0.05) is 18.2 Å². The zero-order valence-electron chi connectivity index (χ0n) is 10.8. The number of aliphatic hydroxyl groups is 1. The molecule has 1 heterocycles. The van der Waals surface area contributed by atoms with Crippen molar-refractivity contribution >= 4 is 21.5 Å². The van der Waals surface area contributed by atoms with E-state index >= 15 is 0 Å². The first-order chi connectivity index (χ1) is 9.53. The van der Waals surface area contributed by atoms with Crippen LogP contribution >= 0.6 is 0 Å². The zero-order chi connectivity index (χ0) is 14.3. The molecule has 2 aromatic rings. The van der Waals surface area contributed by atoms with Crippen LogP contribution in [0.4, 0.5) is 0 Å². The average Bonchev–Trinajstić information content (AvgIpc) is 2.47. The maximum Gasteiger partial charge on any atom is 0.264 e. The van der Waals surface area contributed by atoms with Gasteiger partial charge < -0.3 is 5.11 Å². The number of rotatable bonds is 1. The van der Waals surface area contributed by atoms with E-state index in [2.05, 4.69) is 0 Å². The largest absolute Gasteiger partial charge is 0.505 e. The molecule has 1 aliphatic heterocycles. The van der Waals surface area contributed by atoms with Crippen molar-refractivity contribution in [2.75, 3.05) is 7.05 Å². The Kier molecular flexibility index (Phi) is 2.79. The monoisotopic (exact) mass is 287 g/mol. The molecule has 0 atom stereocenters. The molecule has 0 aromatic heterocycles. The molecule has 1 N–H and O–H groups in total. The highest BCUT2D eigenvalue weighted by atomic mass is 32.2. The summed E-state index contributed by atoms with van der Waals surface area (Å²) < 4.78 is 26.2. The second-order valence-electron chi connectivity index (χ2n) is 4.53. The first kappa shape index (κ1) is 12.7. The molecule has 4 nitrogen and oxygen atoms in total. The van der Waals surface area contributed by atoms with E-state index in [9.17, 15) is 13.5 Å². The zero-order valence-corrected chi connectivity index (χ0v) is 11.6. The van der Waals surface area contributed by atoms with Crippen LogP contribution in [0.25, 0.3) is 11.5 Å². The molecule has 2 aromatic carbocycles. The van der Waals surface area contributed by atoms with Crippen molar-refractivity contribution < 1.29 is 13.5 Å². The summed E-state index contributed by atoms with van der Waals surface area (Å²) in [5.74, 6) is -0.0240. The van der Waals surface area contributed by atoms with Gasteiger partial charge in [-0.05, 0) is 12.1 Å². The number of benzene rings is 2. The molecular weight excluding hydrogens is 274 g/mol. The van der Waals surface area contributed by atoms with Crippen LogP contribution in [0, 0.1) is 0 Å². The molecule has 102 valence electrons. The van der Waals surface area contributed by atoms with Crippen molar-refractivity contribution in [3.8, 4) is 0 Å². The lowest BCUT2D eigenvalue weighted by Crippen LogP contribution is -2.30. The molecular formula is C15H13NO3S. The molecule has 3 rings (SSSR count). The summed E-state index contributed by atoms with van der Waals surface area (Å²) in [6.45, 7) is 0. The predicted octanol–water partition coefficient (Wildman–Crippen LogP) is 2.70. The second kappa shape index (κ2) is 4.38. The van der Waals surface area contributed by atoms with E-state index in [1.54, 1.807) is 42.5 Å². The Bertz CT molecular complexity index is 795. The molecule has 5 heteroatoms. The summed E-state index contributed by atoms with van der Waals surface area (Å²) in [7, 11) is -2.19. The number of fused-ring (bicyclic) bond motifs is 1. The Morgan fingerprint density at radius 3 is 2.25 bits per heavy atom. The minimum Gasteiger partial charge on any atom is -0.505 e. The summed E-state index contributed by atoms with van der Waals surface area (Å²) in [6, 6.07) is 15.4. The maximum atomic E-state index is 12.5. The van der Waals surface area contributed by atoms with Crippen LogP contribution in [0.2, 0.25) is 0 Å². The fourth-order valence-corrected chi connectivity index (χ4v) is 3.77. The lowest BCUT2D eigenvalue weighted by Gasteiger charge is -2.29. The van der Waals surface area contributed by atoms with Crippen molar-refractivity contribution in [3.63, 3.8) is 0 Å². The standard InChI is InChI=1S/C15H13NO3S/c1-16-14(11-7-3-2-4-8-11)15(17)12-9-5-6-10-13(12)20(16,18)19/h2-10,17H,1H3. The molecule has 0 aliphatic carbocycles. The number of hydrogen-bond acceptors (Lipinski definition) is 3. The highest BCUT2D eigenvalue weighted by Gasteiger charge is 2.34. The van der Waals surface area contributed by atoms with Crippen LogP contribution in [0.1, 0.15) is 11.1 Å². The molecule has 0 fully saturated rings. The summed E-state index contributed by atoms with van der Waals surface area (Å²) in [4.78, 5) is 0.125. The third kappa shape index (κ3) is 1.71. The number of nitrogens with zero attached hydrogens (tertiary/aromatic N) is 1. The Labute approximate surface area is 117 Å². The number of sulfonamides is 1. The fourth-order valence-electron chi connectivity index (χ4n) is 2.35. The molecule has 0 saturated carbocycles. The molecule has 0 unspecified atom stereocenters. The van der Waals surface area contributed by atoms with Crippen molar-refractivity contribution in [2.45, 2.75) is 4.90 Å². The lowest BCUT2D eigenvalue weighted by atomic mass is 10.1. The van der Waals surface area contributed by atoms with Crippen molar-refractivity contribution in [3.05, 3.63) is 65.7 Å². The van der Waals surface area contributed by atoms with Crippen LogP contribution in [0.5, 0.6) is 0 Å². The Hall–Kier alpha value is -2.27.